The normalized spacial score (nSPS) is 10.9. The first-order valence-corrected chi connectivity index (χ1v) is 4.76. The number of hydrogen-bond acceptors (Lipinski definition) is 1. The second kappa shape index (κ2) is 5.39. The van der Waals surface area contributed by atoms with E-state index >= 15 is 0 Å². The summed E-state index contributed by atoms with van der Waals surface area (Å²) in [6, 6.07) is 3.12. The van der Waals surface area contributed by atoms with Crippen molar-refractivity contribution in [3.63, 3.8) is 0 Å². The Labute approximate surface area is 87.4 Å². The van der Waals surface area contributed by atoms with Crippen LogP contribution in [0.2, 0.25) is 0 Å². The molecule has 0 aromatic heterocycles. The minimum Gasteiger partial charge on any atom is -0.294 e. The summed E-state index contributed by atoms with van der Waals surface area (Å²) in [5.74, 6) is -1.46. The summed E-state index contributed by atoms with van der Waals surface area (Å²) in [5, 5.41) is 0. The van der Waals surface area contributed by atoms with Gasteiger partial charge in [-0.3, -0.25) is 4.79 Å². The summed E-state index contributed by atoms with van der Waals surface area (Å²) in [5.41, 5.74) is 0.359. The second-order valence-corrected chi connectivity index (χ2v) is 3.23. The van der Waals surface area contributed by atoms with Crippen LogP contribution in [0.3, 0.4) is 0 Å². The molecule has 0 unspecified atom stereocenters. The first-order valence-electron chi connectivity index (χ1n) is 4.76. The van der Waals surface area contributed by atoms with Gasteiger partial charge in [0, 0.05) is 12.5 Å². The van der Waals surface area contributed by atoms with Gasteiger partial charge in [0.25, 0.3) is 0 Å². The highest BCUT2D eigenvalue weighted by Gasteiger charge is 2.03. The molecule has 0 fully saturated rings. The second-order valence-electron chi connectivity index (χ2n) is 3.23. The number of ketones is 1. The number of halogens is 2. The molecule has 1 rings (SSSR count). The van der Waals surface area contributed by atoms with Crippen LogP contribution in [-0.2, 0) is 11.2 Å². The Morgan fingerprint density at radius 2 is 1.87 bits per heavy atom. The Bertz CT molecular complexity index is 363. The van der Waals surface area contributed by atoms with E-state index in [1.165, 1.54) is 18.2 Å². The molecule has 1 nitrogen and oxygen atoms in total. The van der Waals surface area contributed by atoms with Gasteiger partial charge >= 0.3 is 0 Å². The summed E-state index contributed by atoms with van der Waals surface area (Å²) in [6.45, 7) is 1.91. The molecular weight excluding hydrogens is 198 g/mol. The van der Waals surface area contributed by atoms with Crippen molar-refractivity contribution >= 4 is 5.78 Å². The van der Waals surface area contributed by atoms with Crippen LogP contribution >= 0.6 is 0 Å². The Hall–Kier alpha value is -1.51. The van der Waals surface area contributed by atoms with E-state index in [2.05, 4.69) is 0 Å². The highest BCUT2D eigenvalue weighted by Crippen LogP contribution is 2.09. The molecule has 0 heterocycles. The summed E-state index contributed by atoms with van der Waals surface area (Å²) < 4.78 is 25.5. The maximum Gasteiger partial charge on any atom is 0.159 e. The van der Waals surface area contributed by atoms with Crippen molar-refractivity contribution < 1.29 is 13.6 Å². The SMILES string of the molecule is CC/C=C/C(=O)Cc1cc(F)cc(F)c1. The molecule has 1 aromatic rings. The molecule has 15 heavy (non-hydrogen) atoms. The zero-order chi connectivity index (χ0) is 11.3. The van der Waals surface area contributed by atoms with E-state index in [0.29, 0.717) is 5.56 Å². The molecule has 0 bridgehead atoms. The zero-order valence-electron chi connectivity index (χ0n) is 8.47. The number of benzene rings is 1. The summed E-state index contributed by atoms with van der Waals surface area (Å²) in [4.78, 5) is 11.3. The van der Waals surface area contributed by atoms with E-state index in [1.807, 2.05) is 6.92 Å². The standard InChI is InChI=1S/C12H12F2O/c1-2-3-4-12(15)7-9-5-10(13)8-11(14)6-9/h3-6,8H,2,7H2,1H3/b4-3+. The van der Waals surface area contributed by atoms with Crippen LogP contribution in [0.4, 0.5) is 8.78 Å². The van der Waals surface area contributed by atoms with Crippen molar-refractivity contribution in [1.82, 2.24) is 0 Å². The minimum atomic E-state index is -0.655. The number of allylic oxidation sites excluding steroid dienone is 2. The molecule has 0 aliphatic carbocycles. The highest BCUT2D eigenvalue weighted by atomic mass is 19.1. The van der Waals surface area contributed by atoms with Crippen molar-refractivity contribution in [3.8, 4) is 0 Å². The summed E-state index contributed by atoms with van der Waals surface area (Å²) >= 11 is 0. The Morgan fingerprint density at radius 3 is 2.40 bits per heavy atom. The van der Waals surface area contributed by atoms with Crippen LogP contribution in [0.15, 0.2) is 30.4 Å². The third-order valence-corrected chi connectivity index (χ3v) is 1.84. The van der Waals surface area contributed by atoms with Crippen LogP contribution in [0.25, 0.3) is 0 Å². The maximum atomic E-state index is 12.8. The van der Waals surface area contributed by atoms with E-state index in [1.54, 1.807) is 6.08 Å². The topological polar surface area (TPSA) is 17.1 Å². The van der Waals surface area contributed by atoms with Crippen LogP contribution in [0, 0.1) is 11.6 Å². The van der Waals surface area contributed by atoms with Gasteiger partial charge in [-0.25, -0.2) is 8.78 Å². The molecule has 0 amide bonds. The number of rotatable bonds is 4. The lowest BCUT2D eigenvalue weighted by molar-refractivity contribution is -0.114. The Morgan fingerprint density at radius 1 is 1.27 bits per heavy atom. The highest BCUT2D eigenvalue weighted by molar-refractivity contribution is 5.91. The first-order chi connectivity index (χ1) is 7.11. The van der Waals surface area contributed by atoms with Gasteiger partial charge in [0.15, 0.2) is 5.78 Å². The smallest absolute Gasteiger partial charge is 0.159 e. The molecule has 1 aromatic carbocycles. The lowest BCUT2D eigenvalue weighted by Crippen LogP contribution is -1.99. The van der Waals surface area contributed by atoms with Crippen molar-refractivity contribution in [2.45, 2.75) is 19.8 Å². The summed E-state index contributed by atoms with van der Waals surface area (Å²) in [6.07, 6.45) is 3.95. The quantitative estimate of drug-likeness (QED) is 0.698. The molecule has 0 radical (unpaired) electrons. The van der Waals surface area contributed by atoms with E-state index < -0.39 is 11.6 Å². The van der Waals surface area contributed by atoms with Crippen LogP contribution in [0.5, 0.6) is 0 Å². The predicted octanol–water partition coefficient (Wildman–Crippen LogP) is 3.04. The van der Waals surface area contributed by atoms with E-state index in [-0.39, 0.29) is 12.2 Å². The lowest BCUT2D eigenvalue weighted by Gasteiger charge is -1.98. The number of carbonyl (C=O) groups excluding carboxylic acids is 1. The molecule has 0 aliphatic heterocycles. The van der Waals surface area contributed by atoms with Crippen molar-refractivity contribution in [2.24, 2.45) is 0 Å². The van der Waals surface area contributed by atoms with Crippen LogP contribution < -0.4 is 0 Å². The fourth-order valence-corrected chi connectivity index (χ4v) is 1.22. The van der Waals surface area contributed by atoms with Gasteiger partial charge in [-0.05, 0) is 30.2 Å². The fraction of sp³-hybridized carbons (Fsp3) is 0.250. The largest absolute Gasteiger partial charge is 0.294 e. The van der Waals surface area contributed by atoms with Gasteiger partial charge in [-0.1, -0.05) is 13.0 Å². The molecular formula is C12H12F2O. The molecule has 3 heteroatoms. The first kappa shape index (κ1) is 11.6. The molecule has 0 aliphatic rings. The van der Waals surface area contributed by atoms with Gasteiger partial charge in [0.05, 0.1) is 0 Å². The fourth-order valence-electron chi connectivity index (χ4n) is 1.22. The molecule has 0 N–H and O–H groups in total. The van der Waals surface area contributed by atoms with Gasteiger partial charge in [0.2, 0.25) is 0 Å². The molecule has 0 spiro atoms. The lowest BCUT2D eigenvalue weighted by atomic mass is 10.1. The predicted molar refractivity (Wildman–Crippen MR) is 54.5 cm³/mol. The molecule has 80 valence electrons. The Kier molecular flexibility index (Phi) is 4.16. The maximum absolute atomic E-state index is 12.8. The van der Waals surface area contributed by atoms with E-state index in [9.17, 15) is 13.6 Å². The van der Waals surface area contributed by atoms with E-state index in [0.717, 1.165) is 12.5 Å². The average Bonchev–Trinajstić information content (AvgIpc) is 2.13. The van der Waals surface area contributed by atoms with Gasteiger partial charge in [-0.2, -0.15) is 0 Å². The van der Waals surface area contributed by atoms with E-state index in [4.69, 9.17) is 0 Å². The molecule has 0 atom stereocenters. The van der Waals surface area contributed by atoms with Crippen molar-refractivity contribution in [1.29, 1.82) is 0 Å². The van der Waals surface area contributed by atoms with Crippen molar-refractivity contribution in [3.05, 3.63) is 47.5 Å². The van der Waals surface area contributed by atoms with Crippen LogP contribution in [-0.4, -0.2) is 5.78 Å². The third kappa shape index (κ3) is 4.02. The van der Waals surface area contributed by atoms with Crippen LogP contribution in [0.1, 0.15) is 18.9 Å². The van der Waals surface area contributed by atoms with Gasteiger partial charge in [0.1, 0.15) is 11.6 Å². The minimum absolute atomic E-state index is 0.0329. The number of carbonyl (C=O) groups is 1. The van der Waals surface area contributed by atoms with Gasteiger partial charge < -0.3 is 0 Å². The molecule has 0 saturated carbocycles. The Balaban J connectivity index is 2.72. The van der Waals surface area contributed by atoms with Gasteiger partial charge in [-0.15, -0.1) is 0 Å². The monoisotopic (exact) mass is 210 g/mol. The average molecular weight is 210 g/mol. The summed E-state index contributed by atoms with van der Waals surface area (Å²) in [7, 11) is 0. The third-order valence-electron chi connectivity index (χ3n) is 1.84. The number of hydrogen-bond donors (Lipinski definition) is 0. The molecule has 0 saturated heterocycles. The zero-order valence-corrected chi connectivity index (χ0v) is 8.47. The van der Waals surface area contributed by atoms with Crippen molar-refractivity contribution in [2.75, 3.05) is 0 Å².